The second-order valence-electron chi connectivity index (χ2n) is 8.08. The van der Waals surface area contributed by atoms with Crippen molar-refractivity contribution in [2.45, 2.75) is 38.1 Å². The van der Waals surface area contributed by atoms with Crippen LogP contribution in [0.15, 0.2) is 51.8 Å². The Bertz CT molecular complexity index is 1120. The Labute approximate surface area is 217 Å². The summed E-state index contributed by atoms with van der Waals surface area (Å²) in [5, 5.41) is 2.78. The van der Waals surface area contributed by atoms with Gasteiger partial charge in [-0.2, -0.15) is 0 Å². The first-order valence-corrected chi connectivity index (χ1v) is 13.1. The molecule has 2 aromatic carbocycles. The summed E-state index contributed by atoms with van der Waals surface area (Å²) in [7, 11) is 1.53. The first kappa shape index (κ1) is 24.8. The van der Waals surface area contributed by atoms with Crippen molar-refractivity contribution in [2.24, 2.45) is 0 Å². The highest BCUT2D eigenvalue weighted by Gasteiger charge is 2.37. The van der Waals surface area contributed by atoms with Crippen LogP contribution in [0, 0.1) is 0 Å². The maximum absolute atomic E-state index is 13.1. The number of hydrogen-bond acceptors (Lipinski definition) is 6. The Kier molecular flexibility index (Phi) is 8.28. The number of nitrogens with one attached hydrogen (secondary N) is 1. The van der Waals surface area contributed by atoms with Crippen molar-refractivity contribution in [1.29, 1.82) is 0 Å². The predicted molar refractivity (Wildman–Crippen MR) is 143 cm³/mol. The lowest BCUT2D eigenvalue weighted by molar-refractivity contribution is -0.124. The summed E-state index contributed by atoms with van der Waals surface area (Å²) in [5.41, 5.74) is 1.47. The number of hydrogen-bond donors (Lipinski definition) is 1. The van der Waals surface area contributed by atoms with Crippen LogP contribution >= 0.6 is 39.9 Å². The lowest BCUT2D eigenvalue weighted by Crippen LogP contribution is -2.39. The zero-order chi connectivity index (χ0) is 24.1. The Hall–Kier alpha value is -2.36. The molecule has 1 aliphatic carbocycles. The molecule has 0 spiro atoms. The van der Waals surface area contributed by atoms with Gasteiger partial charge in [0, 0.05) is 11.7 Å². The number of ether oxygens (including phenoxy) is 2. The van der Waals surface area contributed by atoms with E-state index >= 15 is 0 Å². The summed E-state index contributed by atoms with van der Waals surface area (Å²) >= 11 is 10.4. The van der Waals surface area contributed by atoms with Crippen LogP contribution in [0.4, 0.5) is 5.69 Å². The molecule has 1 N–H and O–H groups in total. The summed E-state index contributed by atoms with van der Waals surface area (Å²) in [6.45, 7) is -0.177. The molecule has 2 fully saturated rings. The molecule has 1 aliphatic heterocycles. The summed E-state index contributed by atoms with van der Waals surface area (Å²) in [4.78, 5) is 27.7. The van der Waals surface area contributed by atoms with E-state index < -0.39 is 0 Å². The van der Waals surface area contributed by atoms with Gasteiger partial charge in [-0.3, -0.25) is 14.5 Å². The number of thiocarbonyl (C=S) groups is 1. The fourth-order valence-electron chi connectivity index (χ4n) is 4.10. The zero-order valence-electron chi connectivity index (χ0n) is 18.7. The highest BCUT2D eigenvalue weighted by Crippen LogP contribution is 2.40. The molecule has 1 saturated carbocycles. The number of rotatable bonds is 7. The SMILES string of the molecule is COc1cc(/C=C2/SC(=S)N(C3CCCCC3)C2=O)cc(Br)c1OCC(=O)Nc1ccccc1. The van der Waals surface area contributed by atoms with Gasteiger partial charge in [-0.05, 0) is 64.7 Å². The number of anilines is 1. The van der Waals surface area contributed by atoms with Crippen LogP contribution in [0.2, 0.25) is 0 Å². The minimum absolute atomic E-state index is 0.0325. The standard InChI is InChI=1S/C25H25BrN2O4S2/c1-31-20-13-16(14-21-24(30)28(25(33)34-21)18-10-6-3-7-11-18)12-19(26)23(20)32-15-22(29)27-17-8-4-2-5-9-17/h2,4-5,8-9,12-14,18H,3,6-7,10-11,15H2,1H3,(H,27,29)/b21-14+. The van der Waals surface area contributed by atoms with E-state index in [-0.39, 0.29) is 24.5 Å². The fraction of sp³-hybridized carbons (Fsp3) is 0.320. The molecule has 6 nitrogen and oxygen atoms in total. The van der Waals surface area contributed by atoms with E-state index in [1.165, 1.54) is 25.3 Å². The second kappa shape index (κ2) is 11.4. The van der Waals surface area contributed by atoms with Gasteiger partial charge in [0.2, 0.25) is 0 Å². The Balaban J connectivity index is 1.47. The number of halogens is 1. The first-order chi connectivity index (χ1) is 16.5. The molecule has 2 amide bonds. The van der Waals surface area contributed by atoms with Crippen LogP contribution in [-0.2, 0) is 9.59 Å². The van der Waals surface area contributed by atoms with Crippen molar-refractivity contribution in [1.82, 2.24) is 4.90 Å². The van der Waals surface area contributed by atoms with Gasteiger partial charge in [0.05, 0.1) is 16.5 Å². The van der Waals surface area contributed by atoms with Crippen LogP contribution in [0.1, 0.15) is 37.7 Å². The van der Waals surface area contributed by atoms with Gasteiger partial charge in [-0.15, -0.1) is 0 Å². The molecule has 2 aliphatic rings. The van der Waals surface area contributed by atoms with E-state index in [1.807, 2.05) is 30.3 Å². The Morgan fingerprint density at radius 3 is 2.68 bits per heavy atom. The van der Waals surface area contributed by atoms with Gasteiger partial charge in [0.1, 0.15) is 4.32 Å². The number of amides is 2. The summed E-state index contributed by atoms with van der Waals surface area (Å²) in [6.07, 6.45) is 7.32. The highest BCUT2D eigenvalue weighted by molar-refractivity contribution is 9.10. The quantitative estimate of drug-likeness (QED) is 0.330. The molecule has 9 heteroatoms. The molecular formula is C25H25BrN2O4S2. The number of benzene rings is 2. The van der Waals surface area contributed by atoms with Gasteiger partial charge >= 0.3 is 0 Å². The van der Waals surface area contributed by atoms with E-state index in [4.69, 9.17) is 21.7 Å². The Morgan fingerprint density at radius 2 is 1.97 bits per heavy atom. The van der Waals surface area contributed by atoms with Crippen LogP contribution in [0.5, 0.6) is 11.5 Å². The van der Waals surface area contributed by atoms with E-state index in [0.717, 1.165) is 31.2 Å². The summed E-state index contributed by atoms with van der Waals surface area (Å²) in [6, 6.07) is 13.0. The lowest BCUT2D eigenvalue weighted by Gasteiger charge is -2.29. The van der Waals surface area contributed by atoms with E-state index in [9.17, 15) is 9.59 Å². The van der Waals surface area contributed by atoms with Crippen LogP contribution in [0.25, 0.3) is 6.08 Å². The molecule has 0 unspecified atom stereocenters. The third-order valence-corrected chi connectivity index (χ3v) is 7.64. The summed E-state index contributed by atoms with van der Waals surface area (Å²) in [5.74, 6) is 0.555. The van der Waals surface area contributed by atoms with Crippen molar-refractivity contribution >= 4 is 67.8 Å². The van der Waals surface area contributed by atoms with Gasteiger partial charge in [-0.25, -0.2) is 0 Å². The van der Waals surface area contributed by atoms with Crippen molar-refractivity contribution in [2.75, 3.05) is 19.0 Å². The molecule has 0 radical (unpaired) electrons. The average molecular weight is 562 g/mol. The fourth-order valence-corrected chi connectivity index (χ4v) is 6.08. The van der Waals surface area contributed by atoms with Crippen LogP contribution in [-0.4, -0.2) is 40.8 Å². The molecule has 1 saturated heterocycles. The number of carbonyl (C=O) groups excluding carboxylic acids is 2. The normalized spacial score (nSPS) is 17.8. The number of thioether (sulfide) groups is 1. The third kappa shape index (κ3) is 5.82. The smallest absolute Gasteiger partial charge is 0.266 e. The highest BCUT2D eigenvalue weighted by atomic mass is 79.9. The average Bonchev–Trinajstić information content (AvgIpc) is 3.11. The van der Waals surface area contributed by atoms with Crippen LogP contribution < -0.4 is 14.8 Å². The van der Waals surface area contributed by atoms with E-state index in [1.54, 1.807) is 23.1 Å². The first-order valence-electron chi connectivity index (χ1n) is 11.1. The number of carbonyl (C=O) groups is 2. The topological polar surface area (TPSA) is 67.9 Å². The third-order valence-electron chi connectivity index (χ3n) is 5.72. The van der Waals surface area contributed by atoms with Gasteiger partial charge in [0.25, 0.3) is 11.8 Å². The largest absolute Gasteiger partial charge is 0.493 e. The van der Waals surface area contributed by atoms with Crippen molar-refractivity contribution in [3.63, 3.8) is 0 Å². The van der Waals surface area contributed by atoms with Crippen molar-refractivity contribution < 1.29 is 19.1 Å². The molecule has 0 atom stereocenters. The van der Waals surface area contributed by atoms with Gasteiger partial charge in [-0.1, -0.05) is 61.4 Å². The lowest BCUT2D eigenvalue weighted by atomic mass is 9.94. The van der Waals surface area contributed by atoms with Gasteiger partial charge in [0.15, 0.2) is 18.1 Å². The second-order valence-corrected chi connectivity index (χ2v) is 10.6. The number of para-hydroxylation sites is 1. The van der Waals surface area contributed by atoms with E-state index in [0.29, 0.717) is 30.9 Å². The molecular weight excluding hydrogens is 536 g/mol. The molecule has 0 aromatic heterocycles. The Morgan fingerprint density at radius 1 is 1.24 bits per heavy atom. The summed E-state index contributed by atoms with van der Waals surface area (Å²) < 4.78 is 12.5. The maximum atomic E-state index is 13.1. The molecule has 4 rings (SSSR count). The molecule has 1 heterocycles. The minimum atomic E-state index is -0.282. The van der Waals surface area contributed by atoms with Crippen LogP contribution in [0.3, 0.4) is 0 Å². The van der Waals surface area contributed by atoms with Gasteiger partial charge < -0.3 is 14.8 Å². The minimum Gasteiger partial charge on any atom is -0.493 e. The number of nitrogens with zero attached hydrogens (tertiary/aromatic N) is 1. The monoisotopic (exact) mass is 560 g/mol. The maximum Gasteiger partial charge on any atom is 0.266 e. The number of methoxy groups -OCH3 is 1. The molecule has 34 heavy (non-hydrogen) atoms. The molecule has 0 bridgehead atoms. The predicted octanol–water partition coefficient (Wildman–Crippen LogP) is 6.01. The molecule has 2 aromatic rings. The van der Waals surface area contributed by atoms with Crippen molar-refractivity contribution in [3.8, 4) is 11.5 Å². The molecule has 178 valence electrons. The zero-order valence-corrected chi connectivity index (χ0v) is 21.9. The van der Waals surface area contributed by atoms with Crippen molar-refractivity contribution in [3.05, 3.63) is 57.4 Å². The van der Waals surface area contributed by atoms with E-state index in [2.05, 4.69) is 21.2 Å².